The van der Waals surface area contributed by atoms with Crippen molar-refractivity contribution in [2.75, 3.05) is 0 Å². The molecule has 3 rings (SSSR count). The summed E-state index contributed by atoms with van der Waals surface area (Å²) in [6, 6.07) is 9.61. The number of ketones is 1. The number of carbonyl (C=O) groups excluding carboxylic acids is 1. The van der Waals surface area contributed by atoms with E-state index in [1.165, 1.54) is 6.07 Å². The van der Waals surface area contributed by atoms with Crippen LogP contribution in [0.1, 0.15) is 45.7 Å². The van der Waals surface area contributed by atoms with Crippen molar-refractivity contribution < 1.29 is 23.8 Å². The highest BCUT2D eigenvalue weighted by Crippen LogP contribution is 2.43. The van der Waals surface area contributed by atoms with E-state index in [1.54, 1.807) is 58.0 Å². The number of ether oxygens (including phenoxy) is 1. The Morgan fingerprint density at radius 1 is 1.07 bits per heavy atom. The first kappa shape index (κ1) is 22.2. The molecule has 158 valence electrons. The highest BCUT2D eigenvalue weighted by Gasteiger charge is 2.49. The zero-order chi connectivity index (χ0) is 22.4. The van der Waals surface area contributed by atoms with Crippen LogP contribution in [-0.2, 0) is 20.7 Å². The molecular weight excluding hydrogens is 407 g/mol. The van der Waals surface area contributed by atoms with E-state index < -0.39 is 28.8 Å². The molecule has 0 atom stereocenters. The molecular formula is C24H24ClFO4. The molecule has 0 unspecified atom stereocenters. The van der Waals surface area contributed by atoms with Crippen molar-refractivity contribution in [1.29, 1.82) is 0 Å². The van der Waals surface area contributed by atoms with E-state index in [4.69, 9.17) is 16.3 Å². The van der Waals surface area contributed by atoms with Crippen LogP contribution in [0, 0.1) is 5.82 Å². The van der Waals surface area contributed by atoms with Gasteiger partial charge in [0.25, 0.3) is 0 Å². The lowest BCUT2D eigenvalue weighted by Gasteiger charge is -2.42. The van der Waals surface area contributed by atoms with E-state index in [0.29, 0.717) is 23.1 Å². The van der Waals surface area contributed by atoms with E-state index in [9.17, 15) is 19.1 Å². The van der Waals surface area contributed by atoms with Gasteiger partial charge in [-0.3, -0.25) is 4.79 Å². The molecule has 0 aromatic heterocycles. The second-order valence-electron chi connectivity index (χ2n) is 8.36. The summed E-state index contributed by atoms with van der Waals surface area (Å²) < 4.78 is 20.4. The zero-order valence-electron chi connectivity index (χ0n) is 17.6. The molecule has 0 amide bonds. The standard InChI is InChI=1S/C24H24ClFO4/c1-6-13-7-8-14(16-10-9-15(25)12-18(16)26)11-17(13)19-20(22(28)29)23(2,3)30-24(4,5)21(19)27/h7-12H,6H2,1-5H3,(H,28,29). The summed E-state index contributed by atoms with van der Waals surface area (Å²) in [5.41, 5.74) is -0.260. The lowest BCUT2D eigenvalue weighted by molar-refractivity contribution is -0.158. The summed E-state index contributed by atoms with van der Waals surface area (Å²) in [6.45, 7) is 8.45. The minimum Gasteiger partial charge on any atom is -0.478 e. The maximum absolute atomic E-state index is 14.5. The van der Waals surface area contributed by atoms with Gasteiger partial charge in [-0.15, -0.1) is 0 Å². The number of benzene rings is 2. The summed E-state index contributed by atoms with van der Waals surface area (Å²) in [5.74, 6) is -2.13. The van der Waals surface area contributed by atoms with Crippen molar-refractivity contribution in [3.05, 3.63) is 63.9 Å². The Kier molecular flexibility index (Phi) is 5.65. The number of hydrogen-bond acceptors (Lipinski definition) is 3. The van der Waals surface area contributed by atoms with Crippen LogP contribution in [0.4, 0.5) is 4.39 Å². The maximum Gasteiger partial charge on any atom is 0.335 e. The van der Waals surface area contributed by atoms with Crippen molar-refractivity contribution in [2.45, 2.75) is 52.2 Å². The van der Waals surface area contributed by atoms with Gasteiger partial charge in [-0.1, -0.05) is 30.7 Å². The van der Waals surface area contributed by atoms with Crippen LogP contribution in [0.15, 0.2) is 42.0 Å². The molecule has 2 aromatic rings. The predicted molar refractivity (Wildman–Crippen MR) is 115 cm³/mol. The van der Waals surface area contributed by atoms with Gasteiger partial charge in [0, 0.05) is 16.2 Å². The summed E-state index contributed by atoms with van der Waals surface area (Å²) in [6.07, 6.45) is 0.574. The smallest absolute Gasteiger partial charge is 0.335 e. The van der Waals surface area contributed by atoms with Crippen LogP contribution >= 0.6 is 11.6 Å². The fourth-order valence-corrected chi connectivity index (χ4v) is 4.24. The van der Waals surface area contributed by atoms with Crippen LogP contribution in [0.3, 0.4) is 0 Å². The third kappa shape index (κ3) is 3.80. The summed E-state index contributed by atoms with van der Waals surface area (Å²) in [4.78, 5) is 25.5. The summed E-state index contributed by atoms with van der Waals surface area (Å²) >= 11 is 5.87. The first-order chi connectivity index (χ1) is 13.9. The van der Waals surface area contributed by atoms with E-state index in [2.05, 4.69) is 0 Å². The Bertz CT molecular complexity index is 1080. The monoisotopic (exact) mass is 430 g/mol. The topological polar surface area (TPSA) is 63.6 Å². The van der Waals surface area contributed by atoms with Crippen molar-refractivity contribution in [3.63, 3.8) is 0 Å². The van der Waals surface area contributed by atoms with Gasteiger partial charge in [0.2, 0.25) is 0 Å². The Balaban J connectivity index is 2.36. The van der Waals surface area contributed by atoms with E-state index in [-0.39, 0.29) is 16.2 Å². The number of Topliss-reactive ketones (excluding diaryl/α,β-unsaturated/α-hetero) is 1. The first-order valence-corrected chi connectivity index (χ1v) is 10.1. The molecule has 0 radical (unpaired) electrons. The van der Waals surface area contributed by atoms with Gasteiger partial charge in [-0.25, -0.2) is 9.18 Å². The van der Waals surface area contributed by atoms with E-state index in [1.807, 2.05) is 6.92 Å². The largest absolute Gasteiger partial charge is 0.478 e. The number of aliphatic carboxylic acids is 1. The molecule has 1 aliphatic heterocycles. The molecule has 1 heterocycles. The number of hydrogen-bond donors (Lipinski definition) is 1. The quantitative estimate of drug-likeness (QED) is 0.675. The van der Waals surface area contributed by atoms with Crippen LogP contribution in [0.2, 0.25) is 5.02 Å². The number of rotatable bonds is 4. The Morgan fingerprint density at radius 2 is 1.73 bits per heavy atom. The molecule has 4 nitrogen and oxygen atoms in total. The molecule has 6 heteroatoms. The zero-order valence-corrected chi connectivity index (χ0v) is 18.4. The molecule has 0 saturated heterocycles. The Morgan fingerprint density at radius 3 is 2.30 bits per heavy atom. The molecule has 0 saturated carbocycles. The number of carboxylic acid groups (broad SMARTS) is 1. The maximum atomic E-state index is 14.5. The third-order valence-corrected chi connectivity index (χ3v) is 5.59. The predicted octanol–water partition coefficient (Wildman–Crippen LogP) is 5.70. The lowest BCUT2D eigenvalue weighted by Crippen LogP contribution is -2.51. The Hall–Kier alpha value is -2.50. The minimum atomic E-state index is -1.22. The van der Waals surface area contributed by atoms with Gasteiger partial charge in [0.05, 0.1) is 11.2 Å². The number of aryl methyl sites for hydroxylation is 1. The van der Waals surface area contributed by atoms with E-state index >= 15 is 0 Å². The normalized spacial score (nSPS) is 17.9. The van der Waals surface area contributed by atoms with Gasteiger partial charge in [0.1, 0.15) is 11.4 Å². The lowest BCUT2D eigenvalue weighted by atomic mass is 9.77. The molecule has 0 spiro atoms. The van der Waals surface area contributed by atoms with Gasteiger partial charge in [-0.2, -0.15) is 0 Å². The fourth-order valence-electron chi connectivity index (χ4n) is 4.08. The first-order valence-electron chi connectivity index (χ1n) is 9.70. The Labute approximate surface area is 180 Å². The van der Waals surface area contributed by atoms with Crippen LogP contribution in [0.25, 0.3) is 16.7 Å². The van der Waals surface area contributed by atoms with Crippen molar-refractivity contribution in [1.82, 2.24) is 0 Å². The number of carboxylic acids is 1. The average Bonchev–Trinajstić information content (AvgIpc) is 2.62. The van der Waals surface area contributed by atoms with Gasteiger partial charge < -0.3 is 9.84 Å². The fraction of sp³-hybridized carbons (Fsp3) is 0.333. The highest BCUT2D eigenvalue weighted by molar-refractivity contribution is 6.31. The van der Waals surface area contributed by atoms with Crippen molar-refractivity contribution in [2.24, 2.45) is 0 Å². The molecule has 1 aliphatic rings. The third-order valence-electron chi connectivity index (χ3n) is 5.35. The molecule has 1 N–H and O–H groups in total. The second kappa shape index (κ2) is 7.64. The summed E-state index contributed by atoms with van der Waals surface area (Å²) in [5, 5.41) is 10.2. The van der Waals surface area contributed by atoms with Gasteiger partial charge in [0.15, 0.2) is 5.78 Å². The average molecular weight is 431 g/mol. The van der Waals surface area contributed by atoms with Crippen molar-refractivity contribution in [3.8, 4) is 11.1 Å². The van der Waals surface area contributed by atoms with Crippen LogP contribution in [0.5, 0.6) is 0 Å². The van der Waals surface area contributed by atoms with E-state index in [0.717, 1.165) is 5.56 Å². The molecule has 0 aliphatic carbocycles. The SMILES string of the molecule is CCc1ccc(-c2ccc(Cl)cc2F)cc1C1=C(C(=O)O)C(C)(C)OC(C)(C)C1=O. The van der Waals surface area contributed by atoms with Crippen molar-refractivity contribution >= 4 is 28.9 Å². The van der Waals surface area contributed by atoms with Crippen LogP contribution < -0.4 is 0 Å². The van der Waals surface area contributed by atoms with Gasteiger partial charge >= 0.3 is 5.97 Å². The summed E-state index contributed by atoms with van der Waals surface area (Å²) in [7, 11) is 0. The van der Waals surface area contributed by atoms with Gasteiger partial charge in [-0.05, 0) is 75.1 Å². The minimum absolute atomic E-state index is 0.102. The molecule has 0 bridgehead atoms. The second-order valence-corrected chi connectivity index (χ2v) is 8.79. The number of halogens is 2. The molecule has 2 aromatic carbocycles. The number of carbonyl (C=O) groups is 2. The molecule has 30 heavy (non-hydrogen) atoms. The molecule has 0 fully saturated rings. The van der Waals surface area contributed by atoms with Crippen LogP contribution in [-0.4, -0.2) is 28.1 Å². The highest BCUT2D eigenvalue weighted by atomic mass is 35.5.